The third-order valence-corrected chi connectivity index (χ3v) is 4.07. The second-order valence-electron chi connectivity index (χ2n) is 5.57. The zero-order valence-electron chi connectivity index (χ0n) is 13.1. The Balaban J connectivity index is 1.55. The molecule has 2 heterocycles. The average molecular weight is 303 g/mol. The maximum atomic E-state index is 5.72. The van der Waals surface area contributed by atoms with E-state index in [-0.39, 0.29) is 0 Å². The first-order valence-electron chi connectivity index (χ1n) is 7.47. The van der Waals surface area contributed by atoms with E-state index in [4.69, 9.17) is 9.31 Å². The first-order chi connectivity index (χ1) is 11.2. The molecule has 0 aliphatic heterocycles. The molecule has 2 aromatic carbocycles. The molecule has 0 saturated carbocycles. The molecule has 113 valence electrons. The molecule has 0 aliphatic rings. The summed E-state index contributed by atoms with van der Waals surface area (Å²) in [6.07, 6.45) is 3.90. The van der Waals surface area contributed by atoms with Crippen LogP contribution in [0.2, 0.25) is 0 Å². The Morgan fingerprint density at radius 3 is 1.61 bits per heavy atom. The lowest BCUT2D eigenvalue weighted by molar-refractivity contribution is 0.463. The van der Waals surface area contributed by atoms with E-state index in [0.29, 0.717) is 0 Å². The predicted octanol–water partition coefficient (Wildman–Crippen LogP) is 3.66. The SMILES string of the molecule is Cn1cc(O[B]Oc2cn(C)c3ccccc23)c2ccccc21. The van der Waals surface area contributed by atoms with Crippen LogP contribution in [-0.4, -0.2) is 16.8 Å². The zero-order valence-corrected chi connectivity index (χ0v) is 13.1. The summed E-state index contributed by atoms with van der Waals surface area (Å²) < 4.78 is 15.5. The smallest absolute Gasteiger partial charge is 0.525 e. The zero-order chi connectivity index (χ0) is 15.8. The van der Waals surface area contributed by atoms with Crippen molar-refractivity contribution in [1.29, 1.82) is 0 Å². The fourth-order valence-electron chi connectivity index (χ4n) is 2.92. The van der Waals surface area contributed by atoms with Crippen molar-refractivity contribution in [3.63, 3.8) is 0 Å². The van der Waals surface area contributed by atoms with Crippen molar-refractivity contribution < 1.29 is 9.31 Å². The fourth-order valence-corrected chi connectivity index (χ4v) is 2.92. The second kappa shape index (κ2) is 5.43. The average Bonchev–Trinajstić information content (AvgIpc) is 3.07. The summed E-state index contributed by atoms with van der Waals surface area (Å²) in [6.45, 7) is 0. The highest BCUT2D eigenvalue weighted by Gasteiger charge is 2.12. The summed E-state index contributed by atoms with van der Waals surface area (Å²) in [5.74, 6) is 1.56. The van der Waals surface area contributed by atoms with Crippen LogP contribution < -0.4 is 9.31 Å². The van der Waals surface area contributed by atoms with Gasteiger partial charge >= 0.3 is 7.69 Å². The largest absolute Gasteiger partial charge is 0.658 e. The van der Waals surface area contributed by atoms with Crippen LogP contribution in [0.25, 0.3) is 21.8 Å². The monoisotopic (exact) mass is 303 g/mol. The Bertz CT molecular complexity index is 907. The highest BCUT2D eigenvalue weighted by molar-refractivity contribution is 6.22. The van der Waals surface area contributed by atoms with Gasteiger partial charge in [0.05, 0.1) is 11.0 Å². The Labute approximate surface area is 135 Å². The highest BCUT2D eigenvalue weighted by atomic mass is 16.6. The molecule has 0 unspecified atom stereocenters. The molecule has 0 N–H and O–H groups in total. The Morgan fingerprint density at radius 1 is 0.696 bits per heavy atom. The van der Waals surface area contributed by atoms with Crippen molar-refractivity contribution in [3.8, 4) is 11.5 Å². The molecule has 4 nitrogen and oxygen atoms in total. The van der Waals surface area contributed by atoms with E-state index < -0.39 is 0 Å². The van der Waals surface area contributed by atoms with Gasteiger partial charge in [0, 0.05) is 37.3 Å². The van der Waals surface area contributed by atoms with Crippen molar-refractivity contribution in [2.75, 3.05) is 0 Å². The molecule has 1 radical (unpaired) electrons. The van der Waals surface area contributed by atoms with Crippen LogP contribution >= 0.6 is 0 Å². The molecule has 0 spiro atoms. The topological polar surface area (TPSA) is 28.3 Å². The Kier molecular flexibility index (Phi) is 3.26. The summed E-state index contributed by atoms with van der Waals surface area (Å²) >= 11 is 0. The van der Waals surface area contributed by atoms with E-state index in [0.717, 1.165) is 33.3 Å². The molecule has 0 fully saturated rings. The molecule has 4 rings (SSSR count). The third-order valence-electron chi connectivity index (χ3n) is 4.07. The van der Waals surface area contributed by atoms with Crippen LogP contribution in [0.5, 0.6) is 11.5 Å². The number of hydrogen-bond acceptors (Lipinski definition) is 2. The van der Waals surface area contributed by atoms with Gasteiger partial charge in [-0.15, -0.1) is 0 Å². The van der Waals surface area contributed by atoms with Gasteiger partial charge in [-0.05, 0) is 24.3 Å². The van der Waals surface area contributed by atoms with E-state index >= 15 is 0 Å². The molecule has 0 aliphatic carbocycles. The number of aryl methyl sites for hydroxylation is 2. The first kappa shape index (κ1) is 13.8. The van der Waals surface area contributed by atoms with Gasteiger partial charge in [-0.3, -0.25) is 0 Å². The molecular formula is C18H16BN2O2. The van der Waals surface area contributed by atoms with Gasteiger partial charge in [0.1, 0.15) is 11.5 Å². The van der Waals surface area contributed by atoms with Gasteiger partial charge in [0.25, 0.3) is 0 Å². The lowest BCUT2D eigenvalue weighted by Crippen LogP contribution is -2.10. The van der Waals surface area contributed by atoms with Crippen LogP contribution in [-0.2, 0) is 14.1 Å². The molecule has 2 aromatic heterocycles. The van der Waals surface area contributed by atoms with Gasteiger partial charge in [-0.25, -0.2) is 0 Å². The van der Waals surface area contributed by atoms with Crippen molar-refractivity contribution in [2.45, 2.75) is 0 Å². The van der Waals surface area contributed by atoms with E-state index in [1.165, 1.54) is 7.69 Å². The van der Waals surface area contributed by atoms with Gasteiger partial charge in [-0.2, -0.15) is 0 Å². The lowest BCUT2D eigenvalue weighted by Gasteiger charge is -2.04. The summed E-state index contributed by atoms with van der Waals surface area (Å²) in [5, 5.41) is 2.13. The Hall–Kier alpha value is -2.82. The van der Waals surface area contributed by atoms with E-state index in [1.54, 1.807) is 0 Å². The minimum atomic E-state index is 0.781. The van der Waals surface area contributed by atoms with Crippen molar-refractivity contribution in [1.82, 2.24) is 9.13 Å². The summed E-state index contributed by atoms with van der Waals surface area (Å²) in [7, 11) is 5.39. The maximum absolute atomic E-state index is 5.72. The van der Waals surface area contributed by atoms with Gasteiger partial charge in [0.2, 0.25) is 0 Å². The van der Waals surface area contributed by atoms with Crippen LogP contribution in [0.15, 0.2) is 60.9 Å². The molecule has 4 aromatic rings. The van der Waals surface area contributed by atoms with Crippen molar-refractivity contribution in [3.05, 3.63) is 60.9 Å². The number of benzene rings is 2. The standard InChI is InChI=1S/C18H16BN2O2/c1-20-11-17(13-7-3-5-9-15(13)20)22-19-23-18-12-21(2)16-10-6-4-8-14(16)18/h3-12H,1-2H3. The van der Waals surface area contributed by atoms with E-state index in [2.05, 4.69) is 12.1 Å². The fraction of sp³-hybridized carbons (Fsp3) is 0.111. The van der Waals surface area contributed by atoms with Crippen LogP contribution in [0.4, 0.5) is 0 Å². The Morgan fingerprint density at radius 2 is 1.13 bits per heavy atom. The molecule has 0 amide bonds. The first-order valence-corrected chi connectivity index (χ1v) is 7.47. The molecule has 0 atom stereocenters. The normalized spacial score (nSPS) is 11.0. The number of rotatable bonds is 4. The maximum Gasteiger partial charge on any atom is 0.658 e. The van der Waals surface area contributed by atoms with Crippen LogP contribution in [0.1, 0.15) is 0 Å². The van der Waals surface area contributed by atoms with Crippen molar-refractivity contribution >= 4 is 29.5 Å². The van der Waals surface area contributed by atoms with Gasteiger partial charge in [-0.1, -0.05) is 24.3 Å². The van der Waals surface area contributed by atoms with Crippen LogP contribution in [0, 0.1) is 0 Å². The molecule has 0 saturated heterocycles. The van der Waals surface area contributed by atoms with Gasteiger partial charge < -0.3 is 18.4 Å². The quantitative estimate of drug-likeness (QED) is 0.538. The van der Waals surface area contributed by atoms with E-state index in [1.807, 2.05) is 72.0 Å². The molecule has 0 bridgehead atoms. The lowest BCUT2D eigenvalue weighted by atomic mass is 10.2. The number of para-hydroxylation sites is 2. The predicted molar refractivity (Wildman–Crippen MR) is 92.8 cm³/mol. The minimum Gasteiger partial charge on any atom is -0.525 e. The van der Waals surface area contributed by atoms with Crippen molar-refractivity contribution in [2.24, 2.45) is 14.1 Å². The molecule has 5 heteroatoms. The van der Waals surface area contributed by atoms with Gasteiger partial charge in [0.15, 0.2) is 0 Å². The highest BCUT2D eigenvalue weighted by Crippen LogP contribution is 2.29. The number of aromatic nitrogens is 2. The minimum absolute atomic E-state index is 0.781. The third kappa shape index (κ3) is 2.34. The number of hydrogen-bond donors (Lipinski definition) is 0. The number of fused-ring (bicyclic) bond motifs is 2. The molecule has 23 heavy (non-hydrogen) atoms. The number of nitrogens with zero attached hydrogens (tertiary/aromatic N) is 2. The summed E-state index contributed by atoms with van der Waals surface area (Å²) in [6, 6.07) is 16.2. The van der Waals surface area contributed by atoms with E-state index in [9.17, 15) is 0 Å². The molecular weight excluding hydrogens is 287 g/mol. The summed E-state index contributed by atoms with van der Waals surface area (Å²) in [4.78, 5) is 0. The van der Waals surface area contributed by atoms with Crippen LogP contribution in [0.3, 0.4) is 0 Å². The summed E-state index contributed by atoms with van der Waals surface area (Å²) in [5.41, 5.74) is 2.25. The second-order valence-corrected chi connectivity index (χ2v) is 5.57.